The van der Waals surface area contributed by atoms with Gasteiger partial charge in [0.05, 0.1) is 13.3 Å². The molecule has 0 aromatic carbocycles. The molecule has 1 atom stereocenters. The second-order valence-electron chi connectivity index (χ2n) is 6.24. The molecule has 2 fully saturated rings. The normalized spacial score (nSPS) is 22.0. The Morgan fingerprint density at radius 2 is 2.12 bits per heavy atom. The van der Waals surface area contributed by atoms with Crippen LogP contribution in [-0.2, 0) is 0 Å². The molecule has 24 heavy (non-hydrogen) atoms. The Kier molecular flexibility index (Phi) is 4.01. The van der Waals surface area contributed by atoms with Crippen molar-refractivity contribution in [3.05, 3.63) is 22.9 Å². The molecule has 0 amide bonds. The predicted molar refractivity (Wildman–Crippen MR) is 87.5 cm³/mol. The molecule has 1 aliphatic heterocycles. The molecule has 128 valence electrons. The lowest BCUT2D eigenvalue weighted by atomic mass is 10.1. The average molecular weight is 351 g/mol. The van der Waals surface area contributed by atoms with Gasteiger partial charge >= 0.3 is 6.01 Å². The number of hydrogen-bond acceptors (Lipinski definition) is 8. The molecule has 1 saturated heterocycles. The first-order valence-electron chi connectivity index (χ1n) is 8.01. The van der Waals surface area contributed by atoms with E-state index < -0.39 is 0 Å². The summed E-state index contributed by atoms with van der Waals surface area (Å²) in [6.45, 7) is 2.31. The fraction of sp³-hybridized carbons (Fsp3) is 0.600. The third-order valence-corrected chi connectivity index (χ3v) is 4.79. The van der Waals surface area contributed by atoms with Crippen LogP contribution in [0.25, 0.3) is 0 Å². The van der Waals surface area contributed by atoms with Gasteiger partial charge in [-0.2, -0.15) is 9.97 Å². The Balaban J connectivity index is 1.58. The number of piperazine rings is 1. The summed E-state index contributed by atoms with van der Waals surface area (Å²) in [6, 6.07) is 0.314. The average Bonchev–Trinajstić information content (AvgIpc) is 3.34. The van der Waals surface area contributed by atoms with Crippen molar-refractivity contribution in [2.24, 2.45) is 0 Å². The van der Waals surface area contributed by atoms with E-state index >= 15 is 0 Å². The molecular weight excluding hydrogens is 332 g/mol. The van der Waals surface area contributed by atoms with Crippen LogP contribution in [0.5, 0.6) is 6.01 Å². The predicted octanol–water partition coefficient (Wildman–Crippen LogP) is 1.89. The maximum Gasteiger partial charge on any atom is 0.318 e. The van der Waals surface area contributed by atoms with E-state index in [1.807, 2.05) is 0 Å². The molecule has 1 saturated carbocycles. The fourth-order valence-corrected chi connectivity index (χ4v) is 3.10. The molecule has 0 N–H and O–H groups in total. The Bertz CT molecular complexity index is 735. The van der Waals surface area contributed by atoms with Crippen molar-refractivity contribution in [3.8, 4) is 6.01 Å². The van der Waals surface area contributed by atoms with E-state index in [4.69, 9.17) is 20.9 Å². The molecule has 0 bridgehead atoms. The summed E-state index contributed by atoms with van der Waals surface area (Å²) in [4.78, 5) is 17.3. The van der Waals surface area contributed by atoms with E-state index in [-0.39, 0.29) is 6.04 Å². The summed E-state index contributed by atoms with van der Waals surface area (Å²) < 4.78 is 10.6. The molecule has 0 spiro atoms. The van der Waals surface area contributed by atoms with Gasteiger partial charge in [0.25, 0.3) is 0 Å². The van der Waals surface area contributed by atoms with Gasteiger partial charge < -0.3 is 14.2 Å². The minimum absolute atomic E-state index is 0.00998. The van der Waals surface area contributed by atoms with E-state index in [2.05, 4.69) is 37.0 Å². The summed E-state index contributed by atoms with van der Waals surface area (Å²) in [5.41, 5.74) is 0. The molecule has 8 nitrogen and oxygen atoms in total. The topological polar surface area (TPSA) is 80.4 Å². The van der Waals surface area contributed by atoms with Gasteiger partial charge in [-0.05, 0) is 19.9 Å². The second-order valence-corrected chi connectivity index (χ2v) is 6.64. The van der Waals surface area contributed by atoms with E-state index in [1.165, 1.54) is 7.11 Å². The number of methoxy groups -OCH3 is 1. The van der Waals surface area contributed by atoms with Crippen LogP contribution in [0, 0.1) is 0 Å². The minimum Gasteiger partial charge on any atom is -0.467 e. The van der Waals surface area contributed by atoms with Gasteiger partial charge in [-0.15, -0.1) is 0 Å². The van der Waals surface area contributed by atoms with Gasteiger partial charge in [-0.1, -0.05) is 16.8 Å². The molecule has 3 heterocycles. The van der Waals surface area contributed by atoms with Crippen LogP contribution in [0.15, 0.2) is 10.7 Å². The zero-order valence-electron chi connectivity index (χ0n) is 13.6. The number of ether oxygens (including phenoxy) is 1. The first kappa shape index (κ1) is 15.6. The Labute approximate surface area is 144 Å². The standard InChI is InChI=1S/C15H19ClN6O2/c1-21-5-6-22(13-10(16)7-17-15(19-13)23-2)8-11(21)14-18-12(20-24-14)9-3-4-9/h7,9,11H,3-6,8H2,1-2H3. The molecule has 2 aromatic heterocycles. The fourth-order valence-electron chi connectivity index (χ4n) is 2.89. The van der Waals surface area contributed by atoms with Crippen LogP contribution >= 0.6 is 11.6 Å². The molecular formula is C15H19ClN6O2. The first-order chi connectivity index (χ1) is 11.7. The highest BCUT2D eigenvalue weighted by Crippen LogP contribution is 2.39. The monoisotopic (exact) mass is 350 g/mol. The number of aromatic nitrogens is 4. The third kappa shape index (κ3) is 2.91. The van der Waals surface area contributed by atoms with E-state index in [0.29, 0.717) is 35.2 Å². The molecule has 4 rings (SSSR count). The maximum atomic E-state index is 6.28. The first-order valence-corrected chi connectivity index (χ1v) is 8.38. The van der Waals surface area contributed by atoms with Crippen LogP contribution in [0.3, 0.4) is 0 Å². The number of hydrogen-bond donors (Lipinski definition) is 0. The molecule has 1 unspecified atom stereocenters. The highest BCUT2D eigenvalue weighted by Gasteiger charge is 2.34. The van der Waals surface area contributed by atoms with E-state index in [1.54, 1.807) is 6.20 Å². The minimum atomic E-state index is 0.00998. The van der Waals surface area contributed by atoms with Crippen molar-refractivity contribution in [2.45, 2.75) is 24.8 Å². The number of anilines is 1. The van der Waals surface area contributed by atoms with Gasteiger partial charge in [0.1, 0.15) is 11.1 Å². The summed E-state index contributed by atoms with van der Waals surface area (Å²) in [6.07, 6.45) is 3.87. The van der Waals surface area contributed by atoms with Crippen molar-refractivity contribution in [1.82, 2.24) is 25.0 Å². The Morgan fingerprint density at radius 1 is 1.29 bits per heavy atom. The van der Waals surface area contributed by atoms with Crippen molar-refractivity contribution in [1.29, 1.82) is 0 Å². The van der Waals surface area contributed by atoms with Crippen LogP contribution in [-0.4, -0.2) is 58.8 Å². The summed E-state index contributed by atoms with van der Waals surface area (Å²) in [7, 11) is 3.60. The van der Waals surface area contributed by atoms with Gasteiger partial charge in [-0.25, -0.2) is 4.98 Å². The molecule has 0 radical (unpaired) electrons. The van der Waals surface area contributed by atoms with Crippen molar-refractivity contribution in [2.75, 3.05) is 38.7 Å². The van der Waals surface area contributed by atoms with Crippen molar-refractivity contribution < 1.29 is 9.26 Å². The number of rotatable bonds is 4. The summed E-state index contributed by atoms with van der Waals surface area (Å²) in [5.74, 6) is 2.63. The third-order valence-electron chi connectivity index (χ3n) is 4.52. The molecule has 1 aliphatic carbocycles. The van der Waals surface area contributed by atoms with Crippen molar-refractivity contribution in [3.63, 3.8) is 0 Å². The van der Waals surface area contributed by atoms with Gasteiger partial charge in [0, 0.05) is 25.6 Å². The summed E-state index contributed by atoms with van der Waals surface area (Å²) in [5, 5.41) is 4.63. The number of nitrogens with zero attached hydrogens (tertiary/aromatic N) is 6. The zero-order chi connectivity index (χ0) is 16.7. The summed E-state index contributed by atoms with van der Waals surface area (Å²) >= 11 is 6.28. The van der Waals surface area contributed by atoms with Crippen LogP contribution < -0.4 is 9.64 Å². The maximum absolute atomic E-state index is 6.28. The SMILES string of the molecule is COc1ncc(Cl)c(N2CCN(C)C(c3nc(C4CC4)no3)C2)n1. The lowest BCUT2D eigenvalue weighted by Crippen LogP contribution is -2.47. The molecule has 9 heteroatoms. The van der Waals surface area contributed by atoms with Gasteiger partial charge in [0.2, 0.25) is 5.89 Å². The number of likely N-dealkylation sites (N-methyl/N-ethyl adjacent to an activating group) is 1. The highest BCUT2D eigenvalue weighted by atomic mass is 35.5. The van der Waals surface area contributed by atoms with Crippen LogP contribution in [0.2, 0.25) is 5.02 Å². The highest BCUT2D eigenvalue weighted by molar-refractivity contribution is 6.32. The van der Waals surface area contributed by atoms with Crippen molar-refractivity contribution >= 4 is 17.4 Å². The molecule has 2 aliphatic rings. The lowest BCUT2D eigenvalue weighted by Gasteiger charge is -2.38. The van der Waals surface area contributed by atoms with Gasteiger partial charge in [0.15, 0.2) is 11.6 Å². The van der Waals surface area contributed by atoms with E-state index in [0.717, 1.165) is 31.8 Å². The number of halogens is 1. The van der Waals surface area contributed by atoms with Crippen LogP contribution in [0.4, 0.5) is 5.82 Å². The van der Waals surface area contributed by atoms with Crippen LogP contribution in [0.1, 0.15) is 36.5 Å². The lowest BCUT2D eigenvalue weighted by molar-refractivity contribution is 0.177. The van der Waals surface area contributed by atoms with E-state index in [9.17, 15) is 0 Å². The second kappa shape index (κ2) is 6.18. The zero-order valence-corrected chi connectivity index (χ0v) is 14.4. The largest absolute Gasteiger partial charge is 0.467 e. The Hall–Kier alpha value is -1.93. The quantitative estimate of drug-likeness (QED) is 0.827. The Morgan fingerprint density at radius 3 is 2.88 bits per heavy atom. The molecule has 2 aromatic rings. The van der Waals surface area contributed by atoms with Gasteiger partial charge in [-0.3, -0.25) is 4.90 Å². The smallest absolute Gasteiger partial charge is 0.318 e.